The van der Waals surface area contributed by atoms with Gasteiger partial charge in [-0.3, -0.25) is 0 Å². The van der Waals surface area contributed by atoms with Crippen molar-refractivity contribution in [3.8, 4) is 0 Å². The largest absolute Gasteiger partial charge is 0.311 e. The van der Waals surface area contributed by atoms with Gasteiger partial charge in [-0.15, -0.1) is 11.3 Å². The molecule has 0 aliphatic heterocycles. The molecule has 1 saturated carbocycles. The van der Waals surface area contributed by atoms with Crippen LogP contribution >= 0.6 is 11.3 Å². The molecular weight excluding hydrogens is 202 g/mol. The lowest BCUT2D eigenvalue weighted by Crippen LogP contribution is -2.39. The summed E-state index contributed by atoms with van der Waals surface area (Å²) in [5.41, 5.74) is 0.645. The molecule has 2 rings (SSSR count). The highest BCUT2D eigenvalue weighted by atomic mass is 32.1. The molecular formula is C13H21NS. The van der Waals surface area contributed by atoms with Gasteiger partial charge in [0.1, 0.15) is 0 Å². The van der Waals surface area contributed by atoms with E-state index in [1.807, 2.05) is 11.3 Å². The van der Waals surface area contributed by atoms with Crippen LogP contribution in [-0.2, 0) is 6.54 Å². The minimum absolute atomic E-state index is 0.645. The molecule has 1 nitrogen and oxygen atoms in total. The highest BCUT2D eigenvalue weighted by Gasteiger charge is 2.34. The van der Waals surface area contributed by atoms with Crippen LogP contribution in [-0.4, -0.2) is 6.54 Å². The van der Waals surface area contributed by atoms with Gasteiger partial charge < -0.3 is 5.32 Å². The topological polar surface area (TPSA) is 12.0 Å². The highest BCUT2D eigenvalue weighted by molar-refractivity contribution is 7.11. The van der Waals surface area contributed by atoms with Gasteiger partial charge in [0.25, 0.3) is 0 Å². The van der Waals surface area contributed by atoms with Gasteiger partial charge in [-0.25, -0.2) is 0 Å². The smallest absolute Gasteiger partial charge is 0.0300 e. The standard InChI is InChI=1S/C13H21NS/c1-3-13(7-4-8-13)10-14-9-12-6-5-11(2)15-12/h5-6,14H,3-4,7-10H2,1-2H3. The summed E-state index contributed by atoms with van der Waals surface area (Å²) in [6.45, 7) is 6.77. The van der Waals surface area contributed by atoms with Crippen molar-refractivity contribution in [2.45, 2.75) is 46.1 Å². The first-order valence-electron chi connectivity index (χ1n) is 6.00. The molecule has 1 heterocycles. The summed E-state index contributed by atoms with van der Waals surface area (Å²) in [7, 11) is 0. The average molecular weight is 223 g/mol. The second-order valence-electron chi connectivity index (χ2n) is 4.82. The van der Waals surface area contributed by atoms with Gasteiger partial charge in [0.2, 0.25) is 0 Å². The Hall–Kier alpha value is -0.340. The van der Waals surface area contributed by atoms with Crippen molar-refractivity contribution in [1.29, 1.82) is 0 Å². The summed E-state index contributed by atoms with van der Waals surface area (Å²) < 4.78 is 0. The number of hydrogen-bond acceptors (Lipinski definition) is 2. The molecule has 1 N–H and O–H groups in total. The third-order valence-corrected chi connectivity index (χ3v) is 4.76. The molecule has 0 aromatic carbocycles. The lowest BCUT2D eigenvalue weighted by molar-refractivity contribution is 0.124. The number of rotatable bonds is 5. The normalized spacial score (nSPS) is 18.8. The first kappa shape index (κ1) is 11.2. The third kappa shape index (κ3) is 2.61. The zero-order valence-corrected chi connectivity index (χ0v) is 10.6. The number of thiophene rings is 1. The lowest BCUT2D eigenvalue weighted by atomic mass is 9.67. The quantitative estimate of drug-likeness (QED) is 0.802. The molecule has 0 saturated heterocycles. The predicted molar refractivity (Wildman–Crippen MR) is 67.3 cm³/mol. The van der Waals surface area contributed by atoms with Gasteiger partial charge in [-0.1, -0.05) is 13.3 Å². The number of hydrogen-bond donors (Lipinski definition) is 1. The maximum absolute atomic E-state index is 3.62. The van der Waals surface area contributed by atoms with Crippen LogP contribution in [0.25, 0.3) is 0 Å². The molecule has 0 atom stereocenters. The molecule has 15 heavy (non-hydrogen) atoms. The molecule has 0 radical (unpaired) electrons. The maximum Gasteiger partial charge on any atom is 0.0300 e. The van der Waals surface area contributed by atoms with Crippen molar-refractivity contribution in [2.24, 2.45) is 5.41 Å². The lowest BCUT2D eigenvalue weighted by Gasteiger charge is -2.41. The molecule has 1 aromatic heterocycles. The second-order valence-corrected chi connectivity index (χ2v) is 6.20. The fourth-order valence-electron chi connectivity index (χ4n) is 2.36. The van der Waals surface area contributed by atoms with E-state index in [2.05, 4.69) is 31.3 Å². The SMILES string of the molecule is CCC1(CNCc2ccc(C)s2)CCC1. The summed E-state index contributed by atoms with van der Waals surface area (Å²) in [6, 6.07) is 4.45. The first-order chi connectivity index (χ1) is 7.24. The van der Waals surface area contributed by atoms with Gasteiger partial charge in [-0.2, -0.15) is 0 Å². The Morgan fingerprint density at radius 3 is 2.67 bits per heavy atom. The monoisotopic (exact) mass is 223 g/mol. The van der Waals surface area contributed by atoms with E-state index in [4.69, 9.17) is 0 Å². The van der Waals surface area contributed by atoms with E-state index in [0.717, 1.165) is 6.54 Å². The summed E-state index contributed by atoms with van der Waals surface area (Å²) in [6.07, 6.45) is 5.64. The Morgan fingerprint density at radius 2 is 2.20 bits per heavy atom. The predicted octanol–water partition coefficient (Wildman–Crippen LogP) is 3.73. The summed E-state index contributed by atoms with van der Waals surface area (Å²) in [4.78, 5) is 2.89. The Bertz CT molecular complexity index is 307. The molecule has 1 aromatic rings. The van der Waals surface area contributed by atoms with Crippen LogP contribution in [0.1, 0.15) is 42.4 Å². The Labute approximate surface area is 96.9 Å². The number of nitrogens with one attached hydrogen (secondary N) is 1. The Kier molecular flexibility index (Phi) is 3.47. The average Bonchev–Trinajstić information content (AvgIpc) is 2.56. The van der Waals surface area contributed by atoms with E-state index in [9.17, 15) is 0 Å². The van der Waals surface area contributed by atoms with Gasteiger partial charge in [0, 0.05) is 22.8 Å². The summed E-state index contributed by atoms with van der Waals surface area (Å²) in [5, 5.41) is 3.62. The Balaban J connectivity index is 1.74. The highest BCUT2D eigenvalue weighted by Crippen LogP contribution is 2.43. The zero-order chi connectivity index (χ0) is 10.7. The minimum atomic E-state index is 0.645. The van der Waals surface area contributed by atoms with E-state index in [1.54, 1.807) is 0 Å². The molecule has 0 bridgehead atoms. The van der Waals surface area contributed by atoms with E-state index in [0.29, 0.717) is 5.41 Å². The molecule has 0 unspecified atom stereocenters. The molecule has 1 aliphatic carbocycles. The molecule has 0 amide bonds. The number of aryl methyl sites for hydroxylation is 1. The van der Waals surface area contributed by atoms with Crippen molar-refractivity contribution in [3.05, 3.63) is 21.9 Å². The molecule has 1 aliphatic rings. The van der Waals surface area contributed by atoms with Gasteiger partial charge in [0.15, 0.2) is 0 Å². The second kappa shape index (κ2) is 4.67. The van der Waals surface area contributed by atoms with Crippen molar-refractivity contribution < 1.29 is 0 Å². The zero-order valence-electron chi connectivity index (χ0n) is 9.81. The van der Waals surface area contributed by atoms with Crippen LogP contribution in [0.4, 0.5) is 0 Å². The molecule has 84 valence electrons. The van der Waals surface area contributed by atoms with Crippen LogP contribution in [0.5, 0.6) is 0 Å². The van der Waals surface area contributed by atoms with Crippen molar-refractivity contribution in [3.63, 3.8) is 0 Å². The fraction of sp³-hybridized carbons (Fsp3) is 0.692. The van der Waals surface area contributed by atoms with Crippen molar-refractivity contribution in [2.75, 3.05) is 6.54 Å². The molecule has 0 spiro atoms. The van der Waals surface area contributed by atoms with Gasteiger partial charge in [-0.05, 0) is 43.7 Å². The van der Waals surface area contributed by atoms with Crippen LogP contribution in [0.2, 0.25) is 0 Å². The van der Waals surface area contributed by atoms with Crippen LogP contribution in [0, 0.1) is 12.3 Å². The molecule has 1 fully saturated rings. The van der Waals surface area contributed by atoms with Crippen molar-refractivity contribution >= 4 is 11.3 Å². The van der Waals surface area contributed by atoms with Gasteiger partial charge >= 0.3 is 0 Å². The maximum atomic E-state index is 3.62. The van der Waals surface area contributed by atoms with E-state index in [1.165, 1.54) is 42.0 Å². The van der Waals surface area contributed by atoms with Crippen molar-refractivity contribution in [1.82, 2.24) is 5.32 Å². The molecule has 2 heteroatoms. The van der Waals surface area contributed by atoms with Crippen LogP contribution in [0.3, 0.4) is 0 Å². The van der Waals surface area contributed by atoms with E-state index >= 15 is 0 Å². The van der Waals surface area contributed by atoms with E-state index < -0.39 is 0 Å². The van der Waals surface area contributed by atoms with Crippen LogP contribution in [0.15, 0.2) is 12.1 Å². The fourth-order valence-corrected chi connectivity index (χ4v) is 3.22. The van der Waals surface area contributed by atoms with E-state index in [-0.39, 0.29) is 0 Å². The third-order valence-electron chi connectivity index (χ3n) is 3.76. The summed E-state index contributed by atoms with van der Waals surface area (Å²) >= 11 is 1.91. The minimum Gasteiger partial charge on any atom is -0.311 e. The first-order valence-corrected chi connectivity index (χ1v) is 6.82. The van der Waals surface area contributed by atoms with Gasteiger partial charge in [0.05, 0.1) is 0 Å². The Morgan fingerprint density at radius 1 is 1.40 bits per heavy atom. The summed E-state index contributed by atoms with van der Waals surface area (Å²) in [5.74, 6) is 0. The van der Waals surface area contributed by atoms with Crippen LogP contribution < -0.4 is 5.32 Å².